The Balaban J connectivity index is 2.28. The Labute approximate surface area is 125 Å². The molecule has 0 bridgehead atoms. The van der Waals surface area contributed by atoms with Gasteiger partial charge in [-0.3, -0.25) is 4.79 Å². The monoisotopic (exact) mass is 307 g/mol. The second kappa shape index (κ2) is 5.93. The van der Waals surface area contributed by atoms with Crippen LogP contribution in [-0.2, 0) is 0 Å². The minimum Gasteiger partial charge on any atom is -0.478 e. The molecule has 6 heteroatoms. The summed E-state index contributed by atoms with van der Waals surface area (Å²) in [5.74, 6) is -2.49. The number of anilines is 1. The van der Waals surface area contributed by atoms with Gasteiger partial charge in [-0.05, 0) is 42.8 Å². The first-order chi connectivity index (χ1) is 9.88. The van der Waals surface area contributed by atoms with Gasteiger partial charge in [0.15, 0.2) is 0 Å². The van der Waals surface area contributed by atoms with Crippen molar-refractivity contribution in [2.45, 2.75) is 6.92 Å². The molecular weight excluding hydrogens is 297 g/mol. The van der Waals surface area contributed by atoms with Crippen molar-refractivity contribution in [3.05, 3.63) is 63.9 Å². The number of benzene rings is 2. The van der Waals surface area contributed by atoms with E-state index in [-0.39, 0.29) is 16.8 Å². The van der Waals surface area contributed by atoms with E-state index in [0.29, 0.717) is 5.02 Å². The van der Waals surface area contributed by atoms with Crippen LogP contribution >= 0.6 is 11.6 Å². The van der Waals surface area contributed by atoms with E-state index in [1.165, 1.54) is 6.07 Å². The zero-order valence-corrected chi connectivity index (χ0v) is 11.7. The lowest BCUT2D eigenvalue weighted by atomic mass is 10.1. The van der Waals surface area contributed by atoms with E-state index in [2.05, 4.69) is 5.32 Å². The number of aryl methyl sites for hydroxylation is 1. The minimum atomic E-state index is -1.20. The highest BCUT2D eigenvalue weighted by atomic mass is 35.5. The second-order valence-electron chi connectivity index (χ2n) is 4.42. The number of hydrogen-bond donors (Lipinski definition) is 2. The first-order valence-electron chi connectivity index (χ1n) is 5.99. The van der Waals surface area contributed by atoms with Crippen LogP contribution in [0.15, 0.2) is 36.4 Å². The smallest absolute Gasteiger partial charge is 0.335 e. The quantitative estimate of drug-likeness (QED) is 0.907. The molecule has 0 aromatic heterocycles. The summed E-state index contributed by atoms with van der Waals surface area (Å²) in [6.07, 6.45) is 0. The van der Waals surface area contributed by atoms with Crippen molar-refractivity contribution < 1.29 is 19.1 Å². The molecule has 4 nitrogen and oxygen atoms in total. The van der Waals surface area contributed by atoms with Gasteiger partial charge in [-0.15, -0.1) is 0 Å². The van der Waals surface area contributed by atoms with Gasteiger partial charge < -0.3 is 10.4 Å². The van der Waals surface area contributed by atoms with Crippen molar-refractivity contribution in [1.82, 2.24) is 0 Å². The molecule has 2 aromatic carbocycles. The highest BCUT2D eigenvalue weighted by molar-refractivity contribution is 6.31. The number of carboxylic acid groups (broad SMARTS) is 1. The molecule has 21 heavy (non-hydrogen) atoms. The molecule has 2 N–H and O–H groups in total. The molecule has 0 unspecified atom stereocenters. The summed E-state index contributed by atoms with van der Waals surface area (Å²) < 4.78 is 13.6. The Morgan fingerprint density at radius 3 is 2.43 bits per heavy atom. The van der Waals surface area contributed by atoms with E-state index in [1.54, 1.807) is 19.1 Å². The maximum absolute atomic E-state index is 13.6. The molecule has 0 spiro atoms. The first kappa shape index (κ1) is 15.0. The molecule has 1 amide bonds. The molecule has 0 atom stereocenters. The molecule has 0 radical (unpaired) electrons. The number of carbonyl (C=O) groups is 2. The first-order valence-corrected chi connectivity index (χ1v) is 6.36. The summed E-state index contributed by atoms with van der Waals surface area (Å²) in [4.78, 5) is 22.9. The summed E-state index contributed by atoms with van der Waals surface area (Å²) in [5.41, 5.74) is 0.753. The maximum atomic E-state index is 13.6. The zero-order valence-electron chi connectivity index (χ0n) is 11.0. The Morgan fingerprint density at radius 1 is 1.14 bits per heavy atom. The number of aromatic carboxylic acids is 1. The predicted molar refractivity (Wildman–Crippen MR) is 77.5 cm³/mol. The summed E-state index contributed by atoms with van der Waals surface area (Å²) in [7, 11) is 0. The van der Waals surface area contributed by atoms with Crippen LogP contribution in [0.1, 0.15) is 26.3 Å². The minimum absolute atomic E-state index is 0.117. The SMILES string of the molecule is Cc1ccc(C(=O)Nc2cc(C(=O)O)ccc2F)cc1Cl. The van der Waals surface area contributed by atoms with Crippen molar-refractivity contribution in [3.8, 4) is 0 Å². The normalized spacial score (nSPS) is 10.2. The lowest BCUT2D eigenvalue weighted by Crippen LogP contribution is -2.13. The molecule has 2 rings (SSSR count). The van der Waals surface area contributed by atoms with Crippen molar-refractivity contribution in [1.29, 1.82) is 0 Å². The van der Waals surface area contributed by atoms with Crippen LogP contribution in [0, 0.1) is 12.7 Å². The summed E-state index contributed by atoms with van der Waals surface area (Å²) in [5, 5.41) is 11.6. The standard InChI is InChI=1S/C15H11ClFNO3/c1-8-2-3-9(6-11(8)16)14(19)18-13-7-10(15(20)21)4-5-12(13)17/h2-7H,1H3,(H,18,19)(H,20,21). The number of amides is 1. The van der Waals surface area contributed by atoms with Crippen LogP contribution in [0.5, 0.6) is 0 Å². The van der Waals surface area contributed by atoms with Crippen LogP contribution in [-0.4, -0.2) is 17.0 Å². The van der Waals surface area contributed by atoms with Gasteiger partial charge in [-0.25, -0.2) is 9.18 Å². The van der Waals surface area contributed by atoms with Gasteiger partial charge in [0.25, 0.3) is 5.91 Å². The van der Waals surface area contributed by atoms with Gasteiger partial charge in [0.1, 0.15) is 5.82 Å². The van der Waals surface area contributed by atoms with Gasteiger partial charge in [-0.2, -0.15) is 0 Å². The molecule has 0 fully saturated rings. The number of rotatable bonds is 3. The number of hydrogen-bond acceptors (Lipinski definition) is 2. The van der Waals surface area contributed by atoms with E-state index >= 15 is 0 Å². The van der Waals surface area contributed by atoms with Crippen LogP contribution in [0.25, 0.3) is 0 Å². The third-order valence-electron chi connectivity index (χ3n) is 2.90. The Kier molecular flexibility index (Phi) is 4.23. The fourth-order valence-electron chi connectivity index (χ4n) is 1.68. The van der Waals surface area contributed by atoms with E-state index in [4.69, 9.17) is 16.7 Å². The van der Waals surface area contributed by atoms with Gasteiger partial charge in [0, 0.05) is 10.6 Å². The van der Waals surface area contributed by atoms with Crippen LogP contribution in [0.3, 0.4) is 0 Å². The lowest BCUT2D eigenvalue weighted by Gasteiger charge is -2.08. The Bertz CT molecular complexity index is 731. The molecule has 0 saturated heterocycles. The number of carboxylic acids is 1. The lowest BCUT2D eigenvalue weighted by molar-refractivity contribution is 0.0696. The maximum Gasteiger partial charge on any atom is 0.335 e. The molecular formula is C15H11ClFNO3. The third kappa shape index (κ3) is 3.38. The van der Waals surface area contributed by atoms with Crippen molar-refractivity contribution in [3.63, 3.8) is 0 Å². The van der Waals surface area contributed by atoms with Gasteiger partial charge in [0.2, 0.25) is 0 Å². The van der Waals surface area contributed by atoms with E-state index in [1.807, 2.05) is 0 Å². The molecule has 0 aliphatic rings. The average molecular weight is 308 g/mol. The topological polar surface area (TPSA) is 66.4 Å². The van der Waals surface area contributed by atoms with Gasteiger partial charge in [-0.1, -0.05) is 17.7 Å². The fraction of sp³-hybridized carbons (Fsp3) is 0.0667. The molecule has 2 aromatic rings. The summed E-state index contributed by atoms with van der Waals surface area (Å²) in [6, 6.07) is 7.85. The average Bonchev–Trinajstić information content (AvgIpc) is 2.43. The van der Waals surface area contributed by atoms with Crippen LogP contribution in [0.4, 0.5) is 10.1 Å². The van der Waals surface area contributed by atoms with E-state index in [9.17, 15) is 14.0 Å². The molecule has 0 saturated carbocycles. The number of nitrogens with one attached hydrogen (secondary N) is 1. The predicted octanol–water partition coefficient (Wildman–Crippen LogP) is 3.74. The van der Waals surface area contributed by atoms with Crippen molar-refractivity contribution in [2.24, 2.45) is 0 Å². The second-order valence-corrected chi connectivity index (χ2v) is 4.83. The van der Waals surface area contributed by atoms with Crippen LogP contribution in [0.2, 0.25) is 5.02 Å². The number of halogens is 2. The summed E-state index contributed by atoms with van der Waals surface area (Å²) in [6.45, 7) is 1.79. The van der Waals surface area contributed by atoms with Gasteiger partial charge >= 0.3 is 5.97 Å². The third-order valence-corrected chi connectivity index (χ3v) is 3.30. The van der Waals surface area contributed by atoms with E-state index in [0.717, 1.165) is 23.8 Å². The molecule has 0 aliphatic heterocycles. The molecule has 108 valence electrons. The zero-order chi connectivity index (χ0) is 15.6. The Morgan fingerprint density at radius 2 is 1.81 bits per heavy atom. The largest absolute Gasteiger partial charge is 0.478 e. The van der Waals surface area contributed by atoms with E-state index < -0.39 is 17.7 Å². The highest BCUT2D eigenvalue weighted by Gasteiger charge is 2.13. The van der Waals surface area contributed by atoms with Crippen molar-refractivity contribution >= 4 is 29.2 Å². The van der Waals surface area contributed by atoms with Crippen molar-refractivity contribution in [2.75, 3.05) is 5.32 Å². The van der Waals surface area contributed by atoms with Crippen LogP contribution < -0.4 is 5.32 Å². The Hall–Kier alpha value is -2.40. The van der Waals surface area contributed by atoms with Gasteiger partial charge in [0.05, 0.1) is 11.3 Å². The molecule has 0 aliphatic carbocycles. The molecule has 0 heterocycles. The fourth-order valence-corrected chi connectivity index (χ4v) is 1.86. The highest BCUT2D eigenvalue weighted by Crippen LogP contribution is 2.20. The summed E-state index contributed by atoms with van der Waals surface area (Å²) >= 11 is 5.93. The number of carbonyl (C=O) groups excluding carboxylic acids is 1.